The maximum atomic E-state index is 12.6. The Morgan fingerprint density at radius 3 is 2.59 bits per heavy atom. The number of nitrogens with one attached hydrogen (secondary N) is 3. The number of quaternary nitrogens is 2. The van der Waals surface area contributed by atoms with Crippen molar-refractivity contribution in [3.05, 3.63) is 42.1 Å². The Hall–Kier alpha value is -2.23. The molecule has 156 valence electrons. The predicted octanol–water partition coefficient (Wildman–Crippen LogP) is -1.91. The van der Waals surface area contributed by atoms with E-state index in [0.29, 0.717) is 23.9 Å². The minimum absolute atomic E-state index is 0.0241. The molecule has 1 amide bonds. The summed E-state index contributed by atoms with van der Waals surface area (Å²) in [5.74, 6) is 1.30. The molecule has 2 aromatic rings. The molecule has 2 aliphatic heterocycles. The molecule has 3 N–H and O–H groups in total. The summed E-state index contributed by atoms with van der Waals surface area (Å²) in [6.45, 7) is 5.93. The average Bonchev–Trinajstić information content (AvgIpc) is 3.24. The Morgan fingerprint density at radius 2 is 1.93 bits per heavy atom. The Labute approximate surface area is 171 Å². The third-order valence-corrected chi connectivity index (χ3v) is 7.69. The van der Waals surface area contributed by atoms with Gasteiger partial charge in [0.05, 0.1) is 17.1 Å². The highest BCUT2D eigenvalue weighted by Crippen LogP contribution is 2.16. The van der Waals surface area contributed by atoms with Gasteiger partial charge in [0, 0.05) is 12.5 Å². The molecule has 0 radical (unpaired) electrons. The number of carbonyl (C=O) groups is 1. The topological polar surface area (TPSA) is 89.9 Å². The molecule has 4 rings (SSSR count). The number of aromatic nitrogens is 2. The number of piperazine rings is 1. The van der Waals surface area contributed by atoms with Crippen LogP contribution in [0, 0.1) is 6.92 Å². The fourth-order valence-corrected chi connectivity index (χ4v) is 6.22. The van der Waals surface area contributed by atoms with Crippen molar-refractivity contribution in [1.29, 1.82) is 0 Å². The number of hydrogen-bond donors (Lipinski definition) is 3. The number of hydrogen-bond acceptors (Lipinski definition) is 4. The van der Waals surface area contributed by atoms with Gasteiger partial charge in [0.25, 0.3) is 5.91 Å². The number of benzene rings is 1. The van der Waals surface area contributed by atoms with E-state index in [9.17, 15) is 13.2 Å². The first kappa shape index (κ1) is 20.1. The monoisotopic (exact) mass is 419 g/mol. The van der Waals surface area contributed by atoms with Gasteiger partial charge in [-0.1, -0.05) is 18.2 Å². The molecule has 0 unspecified atom stereocenters. The molecular weight excluding hydrogens is 390 g/mol. The van der Waals surface area contributed by atoms with Crippen LogP contribution in [0.4, 0.5) is 5.82 Å². The standard InChI is InChI=1S/C20H27N5O3S/c1-16-13-19(25(22-16)17-5-3-2-4-6-17)21-20(26)14-23-8-10-24(11-9-23)18-7-12-29(27,28)15-18/h2-6,13,18H,7-12,14-15H2,1H3,(H,21,26)/p+2/t18-/m0/s1. The third kappa shape index (κ3) is 4.85. The van der Waals surface area contributed by atoms with Crippen LogP contribution in [0.15, 0.2) is 36.4 Å². The Bertz CT molecular complexity index is 965. The van der Waals surface area contributed by atoms with Crippen molar-refractivity contribution < 1.29 is 23.0 Å². The van der Waals surface area contributed by atoms with E-state index >= 15 is 0 Å². The summed E-state index contributed by atoms with van der Waals surface area (Å²) in [5, 5.41) is 7.50. The van der Waals surface area contributed by atoms with Crippen molar-refractivity contribution in [3.8, 4) is 5.69 Å². The van der Waals surface area contributed by atoms with Crippen LogP contribution in [0.3, 0.4) is 0 Å². The van der Waals surface area contributed by atoms with E-state index in [4.69, 9.17) is 0 Å². The molecule has 3 heterocycles. The van der Waals surface area contributed by atoms with E-state index in [1.807, 2.05) is 43.3 Å². The number of sulfone groups is 1. The predicted molar refractivity (Wildman–Crippen MR) is 110 cm³/mol. The van der Waals surface area contributed by atoms with Crippen LogP contribution in [-0.2, 0) is 14.6 Å². The van der Waals surface area contributed by atoms with Crippen LogP contribution in [0.1, 0.15) is 12.1 Å². The van der Waals surface area contributed by atoms with E-state index in [0.717, 1.165) is 44.0 Å². The molecule has 8 nitrogen and oxygen atoms in total. The van der Waals surface area contributed by atoms with Gasteiger partial charge in [-0.25, -0.2) is 13.1 Å². The first-order valence-electron chi connectivity index (χ1n) is 10.2. The third-order valence-electron chi connectivity index (χ3n) is 5.92. The number of amides is 1. The van der Waals surface area contributed by atoms with Crippen molar-refractivity contribution in [2.45, 2.75) is 19.4 Å². The first-order chi connectivity index (χ1) is 13.9. The fraction of sp³-hybridized carbons (Fsp3) is 0.500. The minimum Gasteiger partial charge on any atom is -0.322 e. The van der Waals surface area contributed by atoms with Crippen LogP contribution < -0.4 is 15.1 Å². The largest absolute Gasteiger partial charge is 0.322 e. The zero-order chi connectivity index (χ0) is 20.4. The van der Waals surface area contributed by atoms with Crippen LogP contribution in [-0.4, -0.2) is 74.4 Å². The highest BCUT2D eigenvalue weighted by Gasteiger charge is 2.38. The number of nitrogens with zero attached hydrogens (tertiary/aromatic N) is 2. The maximum absolute atomic E-state index is 12.6. The summed E-state index contributed by atoms with van der Waals surface area (Å²) in [7, 11) is -2.84. The lowest BCUT2D eigenvalue weighted by molar-refractivity contribution is -1.02. The second kappa shape index (κ2) is 8.25. The van der Waals surface area contributed by atoms with E-state index < -0.39 is 9.84 Å². The second-order valence-electron chi connectivity index (χ2n) is 8.15. The molecule has 9 heteroatoms. The molecule has 2 saturated heterocycles. The van der Waals surface area contributed by atoms with Gasteiger partial charge in [-0.3, -0.25) is 4.79 Å². The van der Waals surface area contributed by atoms with Gasteiger partial charge in [0.1, 0.15) is 43.8 Å². The molecule has 2 fully saturated rings. The lowest BCUT2D eigenvalue weighted by atomic mass is 10.2. The summed E-state index contributed by atoms with van der Waals surface area (Å²) in [6, 6.07) is 11.9. The summed E-state index contributed by atoms with van der Waals surface area (Å²) in [4.78, 5) is 15.3. The number of anilines is 1. The normalized spacial score (nSPS) is 26.3. The summed E-state index contributed by atoms with van der Waals surface area (Å²) in [5.41, 5.74) is 1.76. The minimum atomic E-state index is -2.84. The van der Waals surface area contributed by atoms with Gasteiger partial charge in [0.15, 0.2) is 16.4 Å². The molecule has 0 aliphatic carbocycles. The fourth-order valence-electron chi connectivity index (χ4n) is 4.40. The molecule has 1 aromatic heterocycles. The highest BCUT2D eigenvalue weighted by atomic mass is 32.2. The van der Waals surface area contributed by atoms with Crippen LogP contribution in [0.25, 0.3) is 5.69 Å². The highest BCUT2D eigenvalue weighted by molar-refractivity contribution is 7.91. The Kier molecular flexibility index (Phi) is 5.71. The van der Waals surface area contributed by atoms with Gasteiger partial charge in [-0.15, -0.1) is 0 Å². The second-order valence-corrected chi connectivity index (χ2v) is 10.4. The van der Waals surface area contributed by atoms with Crippen molar-refractivity contribution in [2.24, 2.45) is 0 Å². The van der Waals surface area contributed by atoms with Gasteiger partial charge >= 0.3 is 0 Å². The van der Waals surface area contributed by atoms with Crippen molar-refractivity contribution in [3.63, 3.8) is 0 Å². The van der Waals surface area contributed by atoms with Gasteiger partial charge in [-0.2, -0.15) is 5.10 Å². The lowest BCUT2D eigenvalue weighted by Crippen LogP contribution is -3.30. The van der Waals surface area contributed by atoms with E-state index in [-0.39, 0.29) is 11.9 Å². The molecule has 0 spiro atoms. The quantitative estimate of drug-likeness (QED) is 0.528. The molecule has 0 saturated carbocycles. The Morgan fingerprint density at radius 1 is 1.21 bits per heavy atom. The average molecular weight is 420 g/mol. The van der Waals surface area contributed by atoms with E-state index in [1.165, 1.54) is 9.80 Å². The maximum Gasteiger partial charge on any atom is 0.280 e. The van der Waals surface area contributed by atoms with Gasteiger partial charge in [-0.05, 0) is 19.1 Å². The van der Waals surface area contributed by atoms with Crippen LogP contribution in [0.2, 0.25) is 0 Å². The number of rotatable bonds is 5. The van der Waals surface area contributed by atoms with Crippen molar-refractivity contribution in [1.82, 2.24) is 9.78 Å². The summed E-state index contributed by atoms with van der Waals surface area (Å²) < 4.78 is 25.2. The van der Waals surface area contributed by atoms with E-state index in [2.05, 4.69) is 10.4 Å². The molecule has 2 aliphatic rings. The smallest absolute Gasteiger partial charge is 0.280 e. The van der Waals surface area contributed by atoms with E-state index in [1.54, 1.807) is 4.68 Å². The molecule has 29 heavy (non-hydrogen) atoms. The molecule has 1 atom stereocenters. The number of para-hydroxylation sites is 1. The summed E-state index contributed by atoms with van der Waals surface area (Å²) >= 11 is 0. The van der Waals surface area contributed by atoms with Crippen LogP contribution >= 0.6 is 0 Å². The summed E-state index contributed by atoms with van der Waals surface area (Å²) in [6.07, 6.45) is 0.774. The zero-order valence-electron chi connectivity index (χ0n) is 16.7. The van der Waals surface area contributed by atoms with Gasteiger partial charge < -0.3 is 15.1 Å². The first-order valence-corrected chi connectivity index (χ1v) is 12.0. The number of aryl methyl sites for hydroxylation is 1. The number of carbonyl (C=O) groups excluding carboxylic acids is 1. The molecule has 0 bridgehead atoms. The lowest BCUT2D eigenvalue weighted by Gasteiger charge is -2.32. The Balaban J connectivity index is 1.31. The van der Waals surface area contributed by atoms with Gasteiger partial charge in [0.2, 0.25) is 0 Å². The zero-order valence-corrected chi connectivity index (χ0v) is 17.5. The van der Waals surface area contributed by atoms with Crippen molar-refractivity contribution >= 4 is 21.6 Å². The van der Waals surface area contributed by atoms with Crippen molar-refractivity contribution in [2.75, 3.05) is 49.5 Å². The SMILES string of the molecule is Cc1cc(NC(=O)C[NH+]2CC[NH+]([C@H]3CCS(=O)(=O)C3)CC2)n(-c2ccccc2)n1. The van der Waals surface area contributed by atoms with Crippen LogP contribution in [0.5, 0.6) is 0 Å². The molecule has 1 aromatic carbocycles. The molecular formula is C20H29N5O3S+2.